The van der Waals surface area contributed by atoms with Crippen molar-refractivity contribution in [2.24, 2.45) is 0 Å². The molecule has 0 atom stereocenters. The lowest BCUT2D eigenvalue weighted by molar-refractivity contribution is -0.272. The largest absolute Gasteiger partial charge is 0.367 e. The molecule has 2 aliphatic rings. The maximum Gasteiger partial charge on any atom is 0.0774 e. The van der Waals surface area contributed by atoms with Gasteiger partial charge in [-0.05, 0) is 74.7 Å². The normalized spacial score (nSPS) is 33.0. The maximum absolute atomic E-state index is 6.25. The smallest absolute Gasteiger partial charge is 0.0774 e. The van der Waals surface area contributed by atoms with E-state index in [1.807, 2.05) is 0 Å². The van der Waals surface area contributed by atoms with Gasteiger partial charge in [-0.3, -0.25) is 0 Å². The summed E-state index contributed by atoms with van der Waals surface area (Å²) in [5, 5.41) is 5.23. The van der Waals surface area contributed by atoms with E-state index in [4.69, 9.17) is 4.74 Å². The Labute approximate surface area is 125 Å². The zero-order chi connectivity index (χ0) is 15.4. The summed E-state index contributed by atoms with van der Waals surface area (Å²) in [5.41, 5.74) is 0.271. The Balaban J connectivity index is 2.32. The zero-order valence-corrected chi connectivity index (χ0v) is 14.8. The zero-order valence-electron chi connectivity index (χ0n) is 14.8. The molecule has 0 spiro atoms. The molecule has 2 heterocycles. The van der Waals surface area contributed by atoms with E-state index in [0.29, 0.717) is 0 Å². The average Bonchev–Trinajstić information content (AvgIpc) is 2.07. The molecule has 2 rings (SSSR count). The van der Waals surface area contributed by atoms with Gasteiger partial charge in [-0.1, -0.05) is 0 Å². The Bertz CT molecular complexity index is 339. The molecule has 0 aromatic rings. The molecule has 2 aliphatic heterocycles. The van der Waals surface area contributed by atoms with Gasteiger partial charge in [-0.25, -0.2) is 10.0 Å². The summed E-state index contributed by atoms with van der Waals surface area (Å²) in [7, 11) is 0. The highest BCUT2D eigenvalue weighted by Crippen LogP contribution is 2.42. The van der Waals surface area contributed by atoms with Crippen LogP contribution in [0.2, 0.25) is 0 Å². The van der Waals surface area contributed by atoms with Crippen molar-refractivity contribution in [1.29, 1.82) is 0 Å². The van der Waals surface area contributed by atoms with E-state index in [1.54, 1.807) is 0 Å². The van der Waals surface area contributed by atoms with Crippen molar-refractivity contribution in [1.82, 2.24) is 10.0 Å². The van der Waals surface area contributed by atoms with E-state index in [9.17, 15) is 0 Å². The fourth-order valence-corrected chi connectivity index (χ4v) is 4.64. The van der Waals surface area contributed by atoms with Crippen molar-refractivity contribution in [2.45, 2.75) is 96.9 Å². The Morgan fingerprint density at radius 3 is 1.50 bits per heavy atom. The van der Waals surface area contributed by atoms with E-state index < -0.39 is 0 Å². The SMILES string of the molecule is CC1(C)CN(N2C(C)(C)CCCC2(C)C)CC(C)(C)O1. The fourth-order valence-electron chi connectivity index (χ4n) is 4.64. The molecule has 0 saturated carbocycles. The number of hydrogen-bond acceptors (Lipinski definition) is 3. The van der Waals surface area contributed by atoms with Gasteiger partial charge in [0.1, 0.15) is 0 Å². The van der Waals surface area contributed by atoms with E-state index in [1.165, 1.54) is 19.3 Å². The van der Waals surface area contributed by atoms with Crippen LogP contribution in [-0.2, 0) is 4.74 Å². The van der Waals surface area contributed by atoms with E-state index in [0.717, 1.165) is 13.1 Å². The van der Waals surface area contributed by atoms with Crippen LogP contribution in [-0.4, -0.2) is 45.4 Å². The molecule has 0 aromatic carbocycles. The number of ether oxygens (including phenoxy) is 1. The van der Waals surface area contributed by atoms with Crippen LogP contribution in [0.4, 0.5) is 0 Å². The second-order valence-electron chi connectivity index (χ2n) is 9.23. The van der Waals surface area contributed by atoms with Crippen LogP contribution in [0.5, 0.6) is 0 Å². The number of nitrogens with zero attached hydrogens (tertiary/aromatic N) is 2. The molecule has 0 aliphatic carbocycles. The highest BCUT2D eigenvalue weighted by Gasteiger charge is 2.49. The monoisotopic (exact) mass is 282 g/mol. The molecule has 0 unspecified atom stereocenters. The van der Waals surface area contributed by atoms with Crippen LogP contribution < -0.4 is 0 Å². The van der Waals surface area contributed by atoms with Gasteiger partial charge in [-0.15, -0.1) is 0 Å². The first kappa shape index (κ1) is 16.3. The van der Waals surface area contributed by atoms with Gasteiger partial charge in [0.05, 0.1) is 11.2 Å². The summed E-state index contributed by atoms with van der Waals surface area (Å²) in [6.45, 7) is 20.4. The fraction of sp³-hybridized carbons (Fsp3) is 1.00. The number of piperidine rings is 1. The molecule has 0 bridgehead atoms. The molecule has 20 heavy (non-hydrogen) atoms. The van der Waals surface area contributed by atoms with Crippen LogP contribution in [0.1, 0.15) is 74.7 Å². The highest BCUT2D eigenvalue weighted by molar-refractivity contribution is 4.99. The first-order valence-electron chi connectivity index (χ1n) is 8.10. The number of rotatable bonds is 1. The minimum Gasteiger partial charge on any atom is -0.367 e. The quantitative estimate of drug-likeness (QED) is 0.727. The Kier molecular flexibility index (Phi) is 3.81. The van der Waals surface area contributed by atoms with Crippen molar-refractivity contribution < 1.29 is 4.74 Å². The highest BCUT2D eigenvalue weighted by atomic mass is 16.5. The molecular formula is C17H34N2O. The summed E-state index contributed by atoms with van der Waals surface area (Å²) < 4.78 is 6.25. The van der Waals surface area contributed by atoms with Crippen molar-refractivity contribution in [3.8, 4) is 0 Å². The van der Waals surface area contributed by atoms with Crippen LogP contribution >= 0.6 is 0 Å². The predicted octanol–water partition coefficient (Wildman–Crippen LogP) is 3.83. The lowest BCUT2D eigenvalue weighted by Crippen LogP contribution is -2.71. The summed E-state index contributed by atoms with van der Waals surface area (Å²) >= 11 is 0. The molecule has 3 nitrogen and oxygen atoms in total. The first-order chi connectivity index (χ1) is 8.85. The number of hydrazine groups is 1. The summed E-state index contributed by atoms with van der Waals surface area (Å²) in [5.74, 6) is 0. The van der Waals surface area contributed by atoms with Crippen molar-refractivity contribution in [3.63, 3.8) is 0 Å². The molecule has 0 N–H and O–H groups in total. The molecule has 2 fully saturated rings. The van der Waals surface area contributed by atoms with Crippen LogP contribution in [0, 0.1) is 0 Å². The Hall–Kier alpha value is -0.120. The average molecular weight is 282 g/mol. The maximum atomic E-state index is 6.25. The van der Waals surface area contributed by atoms with Gasteiger partial charge in [0.25, 0.3) is 0 Å². The van der Waals surface area contributed by atoms with Gasteiger partial charge in [-0.2, -0.15) is 0 Å². The van der Waals surface area contributed by atoms with Crippen molar-refractivity contribution in [3.05, 3.63) is 0 Å². The topological polar surface area (TPSA) is 15.7 Å². The van der Waals surface area contributed by atoms with Crippen LogP contribution in [0.25, 0.3) is 0 Å². The second-order valence-corrected chi connectivity index (χ2v) is 9.23. The molecule has 0 amide bonds. The predicted molar refractivity (Wildman–Crippen MR) is 84.7 cm³/mol. The number of hydrogen-bond donors (Lipinski definition) is 0. The standard InChI is InChI=1S/C17H34N2O/c1-14(2)10-9-11-15(3,4)19(14)18-12-16(5,6)20-17(7,8)13-18/h9-13H2,1-8H3. The van der Waals surface area contributed by atoms with Crippen molar-refractivity contribution in [2.75, 3.05) is 13.1 Å². The van der Waals surface area contributed by atoms with Crippen molar-refractivity contribution >= 4 is 0 Å². The molecule has 3 heteroatoms. The molecule has 118 valence electrons. The lowest BCUT2D eigenvalue weighted by Gasteiger charge is -2.61. The summed E-state index contributed by atoms with van der Waals surface area (Å²) in [6, 6.07) is 0. The first-order valence-corrected chi connectivity index (χ1v) is 8.10. The molecular weight excluding hydrogens is 248 g/mol. The lowest BCUT2D eigenvalue weighted by atomic mass is 9.81. The second kappa shape index (κ2) is 4.69. The van der Waals surface area contributed by atoms with Gasteiger partial charge in [0.15, 0.2) is 0 Å². The van der Waals surface area contributed by atoms with Gasteiger partial charge in [0.2, 0.25) is 0 Å². The summed E-state index contributed by atoms with van der Waals surface area (Å²) in [4.78, 5) is 0. The molecule has 2 saturated heterocycles. The van der Waals surface area contributed by atoms with Gasteiger partial charge >= 0.3 is 0 Å². The van der Waals surface area contributed by atoms with E-state index in [2.05, 4.69) is 65.4 Å². The third-order valence-corrected chi connectivity index (χ3v) is 4.69. The minimum atomic E-state index is -0.0919. The van der Waals surface area contributed by atoms with Crippen LogP contribution in [0.15, 0.2) is 0 Å². The Morgan fingerprint density at radius 1 is 0.700 bits per heavy atom. The Morgan fingerprint density at radius 2 is 1.10 bits per heavy atom. The third kappa shape index (κ3) is 3.20. The van der Waals surface area contributed by atoms with E-state index in [-0.39, 0.29) is 22.3 Å². The minimum absolute atomic E-state index is 0.0919. The van der Waals surface area contributed by atoms with Gasteiger partial charge in [0, 0.05) is 24.2 Å². The molecule has 0 aromatic heterocycles. The van der Waals surface area contributed by atoms with Gasteiger partial charge < -0.3 is 4.74 Å². The van der Waals surface area contributed by atoms with E-state index >= 15 is 0 Å². The molecule has 0 radical (unpaired) electrons. The number of morpholine rings is 1. The summed E-state index contributed by atoms with van der Waals surface area (Å²) in [6.07, 6.45) is 3.87. The van der Waals surface area contributed by atoms with Crippen LogP contribution in [0.3, 0.4) is 0 Å². The third-order valence-electron chi connectivity index (χ3n) is 4.69.